The van der Waals surface area contributed by atoms with Crippen molar-refractivity contribution < 1.29 is 4.42 Å². The Hall–Kier alpha value is -1.16. The molecule has 0 unspecified atom stereocenters. The van der Waals surface area contributed by atoms with Crippen molar-refractivity contribution in [1.82, 2.24) is 0 Å². The lowest BCUT2D eigenvalue weighted by Crippen LogP contribution is -2.13. The maximum Gasteiger partial charge on any atom is 0.113 e. The lowest BCUT2D eigenvalue weighted by atomic mass is 9.94. The molecular formula is C15H13Cl3N2O. The number of nitrogens with one attached hydrogen (secondary N) is 1. The SMILES string of the molecule is Cc1coc2c1/C(=N/Nc1c(Cl)cc(Cl)cc1Cl)CCC2. The highest BCUT2D eigenvalue weighted by Gasteiger charge is 2.21. The summed E-state index contributed by atoms with van der Waals surface area (Å²) in [5.74, 6) is 0.993. The van der Waals surface area contributed by atoms with Crippen molar-refractivity contribution in [1.29, 1.82) is 0 Å². The van der Waals surface area contributed by atoms with Gasteiger partial charge in [-0.15, -0.1) is 0 Å². The smallest absolute Gasteiger partial charge is 0.113 e. The van der Waals surface area contributed by atoms with Gasteiger partial charge in [-0.3, -0.25) is 5.43 Å². The molecule has 3 nitrogen and oxygen atoms in total. The molecular weight excluding hydrogens is 331 g/mol. The zero-order valence-corrected chi connectivity index (χ0v) is 13.6. The molecule has 0 atom stereocenters. The number of fused-ring (bicyclic) bond motifs is 1. The molecule has 0 aliphatic heterocycles. The van der Waals surface area contributed by atoms with Gasteiger partial charge < -0.3 is 4.42 Å². The summed E-state index contributed by atoms with van der Waals surface area (Å²) in [4.78, 5) is 0. The van der Waals surface area contributed by atoms with Crippen LogP contribution in [-0.2, 0) is 6.42 Å². The quantitative estimate of drug-likeness (QED) is 0.710. The highest BCUT2D eigenvalue weighted by atomic mass is 35.5. The fourth-order valence-electron chi connectivity index (χ4n) is 2.50. The van der Waals surface area contributed by atoms with E-state index in [0.717, 1.165) is 41.9 Å². The summed E-state index contributed by atoms with van der Waals surface area (Å²) in [5, 5.41) is 5.85. The van der Waals surface area contributed by atoms with Crippen molar-refractivity contribution in [2.75, 3.05) is 5.43 Å². The van der Waals surface area contributed by atoms with E-state index in [-0.39, 0.29) is 0 Å². The Morgan fingerprint density at radius 2 is 1.86 bits per heavy atom. The normalized spacial score (nSPS) is 16.1. The molecule has 3 rings (SSSR count). The number of anilines is 1. The van der Waals surface area contributed by atoms with E-state index in [1.54, 1.807) is 18.4 Å². The second kappa shape index (κ2) is 5.91. The number of benzene rings is 1. The van der Waals surface area contributed by atoms with Crippen LogP contribution in [0.5, 0.6) is 0 Å². The number of furan rings is 1. The third-order valence-electron chi connectivity index (χ3n) is 3.47. The first kappa shape index (κ1) is 14.8. The van der Waals surface area contributed by atoms with E-state index >= 15 is 0 Å². The van der Waals surface area contributed by atoms with Crippen LogP contribution in [-0.4, -0.2) is 5.71 Å². The first-order valence-electron chi connectivity index (χ1n) is 6.60. The van der Waals surface area contributed by atoms with Crippen molar-refractivity contribution >= 4 is 46.2 Å². The van der Waals surface area contributed by atoms with Crippen molar-refractivity contribution in [3.05, 3.63) is 50.4 Å². The van der Waals surface area contributed by atoms with Crippen LogP contribution in [0, 0.1) is 6.92 Å². The van der Waals surface area contributed by atoms with Gasteiger partial charge in [-0.2, -0.15) is 5.10 Å². The van der Waals surface area contributed by atoms with Crippen LogP contribution in [0.2, 0.25) is 15.1 Å². The second-order valence-corrected chi connectivity index (χ2v) is 6.24. The molecule has 1 aromatic heterocycles. The van der Waals surface area contributed by atoms with E-state index in [2.05, 4.69) is 10.5 Å². The molecule has 1 heterocycles. The molecule has 21 heavy (non-hydrogen) atoms. The minimum Gasteiger partial charge on any atom is -0.468 e. The zero-order valence-electron chi connectivity index (χ0n) is 11.3. The van der Waals surface area contributed by atoms with Crippen LogP contribution in [0.1, 0.15) is 29.7 Å². The molecule has 1 N–H and O–H groups in total. The molecule has 1 aromatic carbocycles. The van der Waals surface area contributed by atoms with Gasteiger partial charge in [-0.25, -0.2) is 0 Å². The summed E-state index contributed by atoms with van der Waals surface area (Å²) in [6, 6.07) is 3.26. The average Bonchev–Trinajstić information content (AvgIpc) is 2.80. The van der Waals surface area contributed by atoms with Gasteiger partial charge in [0, 0.05) is 17.0 Å². The minimum atomic E-state index is 0.441. The number of rotatable bonds is 2. The summed E-state index contributed by atoms with van der Waals surface area (Å²) in [6.45, 7) is 2.02. The van der Waals surface area contributed by atoms with Gasteiger partial charge in [-0.05, 0) is 37.5 Å². The van der Waals surface area contributed by atoms with Crippen molar-refractivity contribution in [3.8, 4) is 0 Å². The molecule has 0 saturated heterocycles. The van der Waals surface area contributed by atoms with Crippen LogP contribution in [0.4, 0.5) is 5.69 Å². The topological polar surface area (TPSA) is 37.5 Å². The van der Waals surface area contributed by atoms with E-state index in [9.17, 15) is 0 Å². The summed E-state index contributed by atoms with van der Waals surface area (Å²) in [7, 11) is 0. The standard InChI is InChI=1S/C15H13Cl3N2O/c1-8-7-21-13-4-2-3-12(14(8)13)19-20-15-10(17)5-9(16)6-11(15)18/h5-7,20H,2-4H2,1H3/b19-12+. The highest BCUT2D eigenvalue weighted by molar-refractivity contribution is 6.41. The van der Waals surface area contributed by atoms with Gasteiger partial charge in [0.2, 0.25) is 0 Å². The van der Waals surface area contributed by atoms with Gasteiger partial charge in [-0.1, -0.05) is 34.8 Å². The van der Waals surface area contributed by atoms with E-state index in [0.29, 0.717) is 20.8 Å². The molecule has 2 aromatic rings. The maximum atomic E-state index is 6.14. The van der Waals surface area contributed by atoms with Crippen molar-refractivity contribution in [3.63, 3.8) is 0 Å². The summed E-state index contributed by atoms with van der Waals surface area (Å²) in [6.07, 6.45) is 4.63. The predicted octanol–water partition coefficient (Wildman–Crippen LogP) is 5.70. The number of hydrogen-bond donors (Lipinski definition) is 1. The predicted molar refractivity (Wildman–Crippen MR) is 88.0 cm³/mol. The highest BCUT2D eigenvalue weighted by Crippen LogP contribution is 2.34. The Morgan fingerprint density at radius 3 is 2.57 bits per heavy atom. The van der Waals surface area contributed by atoms with E-state index in [4.69, 9.17) is 39.2 Å². The summed E-state index contributed by atoms with van der Waals surface area (Å²) in [5.41, 5.74) is 6.67. The molecule has 0 spiro atoms. The Labute approximate surface area is 137 Å². The van der Waals surface area contributed by atoms with Crippen LogP contribution >= 0.6 is 34.8 Å². The molecule has 110 valence electrons. The van der Waals surface area contributed by atoms with Gasteiger partial charge >= 0.3 is 0 Å². The third kappa shape index (κ3) is 2.91. The van der Waals surface area contributed by atoms with Gasteiger partial charge in [0.05, 0.1) is 27.7 Å². The van der Waals surface area contributed by atoms with Crippen molar-refractivity contribution in [2.45, 2.75) is 26.2 Å². The zero-order chi connectivity index (χ0) is 15.0. The number of hydrazone groups is 1. The van der Waals surface area contributed by atoms with Crippen LogP contribution < -0.4 is 5.43 Å². The molecule has 0 amide bonds. The van der Waals surface area contributed by atoms with Crippen LogP contribution in [0.15, 0.2) is 27.9 Å². The number of hydrogen-bond acceptors (Lipinski definition) is 3. The van der Waals surface area contributed by atoms with Gasteiger partial charge in [0.25, 0.3) is 0 Å². The molecule has 6 heteroatoms. The average molecular weight is 344 g/mol. The van der Waals surface area contributed by atoms with E-state index < -0.39 is 0 Å². The Kier molecular flexibility index (Phi) is 4.16. The lowest BCUT2D eigenvalue weighted by molar-refractivity contribution is 0.498. The summed E-state index contributed by atoms with van der Waals surface area (Å²) >= 11 is 18.2. The molecule has 1 aliphatic carbocycles. The second-order valence-electron chi connectivity index (χ2n) is 4.99. The van der Waals surface area contributed by atoms with Crippen molar-refractivity contribution in [2.24, 2.45) is 5.10 Å². The van der Waals surface area contributed by atoms with E-state index in [1.807, 2.05) is 6.92 Å². The molecule has 0 saturated carbocycles. The Bertz CT molecular complexity index is 699. The number of nitrogens with zero attached hydrogens (tertiary/aromatic N) is 1. The Balaban J connectivity index is 1.93. The van der Waals surface area contributed by atoms with Gasteiger partial charge in [0.1, 0.15) is 5.76 Å². The summed E-state index contributed by atoms with van der Waals surface area (Å²) < 4.78 is 5.55. The van der Waals surface area contributed by atoms with E-state index in [1.165, 1.54) is 0 Å². The number of aryl methyl sites for hydroxylation is 2. The Morgan fingerprint density at radius 1 is 1.14 bits per heavy atom. The molecule has 0 fully saturated rings. The van der Waals surface area contributed by atoms with Crippen LogP contribution in [0.3, 0.4) is 0 Å². The number of halogens is 3. The fourth-order valence-corrected chi connectivity index (χ4v) is 3.40. The van der Waals surface area contributed by atoms with Gasteiger partial charge in [0.15, 0.2) is 0 Å². The monoisotopic (exact) mass is 342 g/mol. The third-order valence-corrected chi connectivity index (χ3v) is 4.28. The minimum absolute atomic E-state index is 0.441. The molecule has 0 radical (unpaired) electrons. The maximum absolute atomic E-state index is 6.14. The molecule has 0 bridgehead atoms. The van der Waals surface area contributed by atoms with Crippen LogP contribution in [0.25, 0.3) is 0 Å². The lowest BCUT2D eigenvalue weighted by Gasteiger charge is -2.14. The molecule has 1 aliphatic rings. The first-order valence-corrected chi connectivity index (χ1v) is 7.74. The first-order chi connectivity index (χ1) is 10.1. The largest absolute Gasteiger partial charge is 0.468 e. The fraction of sp³-hybridized carbons (Fsp3) is 0.267.